The molecular weight excluding hydrogens is 368 g/mol. The van der Waals surface area contributed by atoms with Crippen LogP contribution >= 0.6 is 0 Å². The molecule has 0 aliphatic heterocycles. The zero-order valence-electron chi connectivity index (χ0n) is 16.7. The van der Waals surface area contributed by atoms with E-state index in [4.69, 9.17) is 0 Å². The molecule has 0 aromatic heterocycles. The largest absolute Gasteiger partial charge is 0.332 e. The van der Waals surface area contributed by atoms with E-state index >= 15 is 0 Å². The molecule has 1 atom stereocenters. The van der Waals surface area contributed by atoms with Gasteiger partial charge in [-0.3, -0.25) is 4.79 Å². The Labute approximate surface area is 177 Å². The van der Waals surface area contributed by atoms with Crippen molar-refractivity contribution in [3.63, 3.8) is 0 Å². The second-order valence-corrected chi connectivity index (χ2v) is 7.06. The molecule has 0 radical (unpaired) electrons. The van der Waals surface area contributed by atoms with E-state index in [0.717, 1.165) is 29.0 Å². The Balaban J connectivity index is 1.81. The van der Waals surface area contributed by atoms with Gasteiger partial charge in [-0.05, 0) is 42.0 Å². The van der Waals surface area contributed by atoms with E-state index in [1.54, 1.807) is 4.90 Å². The highest BCUT2D eigenvalue weighted by Crippen LogP contribution is 2.36. The summed E-state index contributed by atoms with van der Waals surface area (Å²) in [7, 11) is 0. The maximum atomic E-state index is 12.1. The predicted octanol–water partition coefficient (Wildman–Crippen LogP) is 6.23. The second-order valence-electron chi connectivity index (χ2n) is 7.06. The molecule has 148 valence electrons. The lowest BCUT2D eigenvalue weighted by molar-refractivity contribution is -0.107. The number of amides is 1. The minimum Gasteiger partial charge on any atom is -0.332 e. The van der Waals surface area contributed by atoms with Gasteiger partial charge in [0.05, 0.1) is 12.6 Å². The molecule has 3 heteroatoms. The predicted molar refractivity (Wildman–Crippen MR) is 124 cm³/mol. The van der Waals surface area contributed by atoms with Gasteiger partial charge in [0, 0.05) is 17.1 Å². The molecule has 0 N–H and O–H groups in total. The molecule has 0 fully saturated rings. The Morgan fingerprint density at radius 1 is 0.567 bits per heavy atom. The van der Waals surface area contributed by atoms with Gasteiger partial charge in [0.15, 0.2) is 0 Å². The molecule has 0 heterocycles. The third kappa shape index (κ3) is 4.41. The summed E-state index contributed by atoms with van der Waals surface area (Å²) in [5.74, 6) is 0. The van der Waals surface area contributed by atoms with Crippen LogP contribution in [0.15, 0.2) is 121 Å². The Bertz CT molecular complexity index is 998. The topological polar surface area (TPSA) is 23.6 Å². The van der Waals surface area contributed by atoms with Gasteiger partial charge in [-0.15, -0.1) is 0 Å². The van der Waals surface area contributed by atoms with Crippen LogP contribution in [-0.2, 0) is 4.79 Å². The van der Waals surface area contributed by atoms with Crippen molar-refractivity contribution >= 4 is 23.5 Å². The van der Waals surface area contributed by atoms with Gasteiger partial charge < -0.3 is 9.80 Å². The van der Waals surface area contributed by atoms with Crippen molar-refractivity contribution in [2.24, 2.45) is 0 Å². The Hall–Kier alpha value is -3.85. The van der Waals surface area contributed by atoms with E-state index in [9.17, 15) is 4.79 Å². The summed E-state index contributed by atoms with van der Waals surface area (Å²) in [4.78, 5) is 16.2. The Morgan fingerprint density at radius 3 is 1.40 bits per heavy atom. The molecular formula is C27H24N2O. The first-order chi connectivity index (χ1) is 14.9. The van der Waals surface area contributed by atoms with E-state index in [0.29, 0.717) is 6.54 Å². The molecule has 0 aliphatic rings. The standard InChI is InChI=1S/C27H24N2O/c30-22-28(24-15-7-2-8-16-24)21-27(23-13-5-1-6-14-23)29(25-17-9-3-10-18-25)26-19-11-4-12-20-26/h1-20,22,27H,21H2. The van der Waals surface area contributed by atoms with Crippen LogP contribution in [0.25, 0.3) is 0 Å². The van der Waals surface area contributed by atoms with E-state index in [-0.39, 0.29) is 6.04 Å². The maximum Gasteiger partial charge on any atom is 0.214 e. The fourth-order valence-corrected chi connectivity index (χ4v) is 3.71. The summed E-state index contributed by atoms with van der Waals surface area (Å²) in [6, 6.07) is 40.7. The van der Waals surface area contributed by atoms with Gasteiger partial charge in [-0.1, -0.05) is 84.9 Å². The van der Waals surface area contributed by atoms with E-state index in [1.807, 2.05) is 84.9 Å². The summed E-state index contributed by atoms with van der Waals surface area (Å²) >= 11 is 0. The van der Waals surface area contributed by atoms with E-state index < -0.39 is 0 Å². The van der Waals surface area contributed by atoms with Gasteiger partial charge in [0.25, 0.3) is 0 Å². The minimum atomic E-state index is -0.0681. The highest BCUT2D eigenvalue weighted by Gasteiger charge is 2.25. The first-order valence-electron chi connectivity index (χ1n) is 10.1. The van der Waals surface area contributed by atoms with E-state index in [2.05, 4.69) is 41.3 Å². The molecule has 0 saturated carbocycles. The molecule has 0 aliphatic carbocycles. The number of benzene rings is 4. The van der Waals surface area contributed by atoms with Gasteiger partial charge >= 0.3 is 0 Å². The fraction of sp³-hybridized carbons (Fsp3) is 0.0741. The zero-order chi connectivity index (χ0) is 20.6. The molecule has 1 unspecified atom stereocenters. The van der Waals surface area contributed by atoms with Crippen molar-refractivity contribution in [3.8, 4) is 0 Å². The van der Waals surface area contributed by atoms with Crippen LogP contribution in [0.2, 0.25) is 0 Å². The van der Waals surface area contributed by atoms with Gasteiger partial charge in [-0.2, -0.15) is 0 Å². The molecule has 3 nitrogen and oxygen atoms in total. The Kier molecular flexibility index (Phi) is 6.21. The highest BCUT2D eigenvalue weighted by atomic mass is 16.1. The van der Waals surface area contributed by atoms with Gasteiger partial charge in [0.2, 0.25) is 6.41 Å². The number of nitrogens with zero attached hydrogens (tertiary/aromatic N) is 2. The molecule has 30 heavy (non-hydrogen) atoms. The molecule has 4 aromatic rings. The van der Waals surface area contributed by atoms with Crippen molar-refractivity contribution in [1.82, 2.24) is 0 Å². The van der Waals surface area contributed by atoms with Crippen LogP contribution in [0.1, 0.15) is 11.6 Å². The van der Waals surface area contributed by atoms with Crippen molar-refractivity contribution < 1.29 is 4.79 Å². The summed E-state index contributed by atoms with van der Waals surface area (Å²) in [5.41, 5.74) is 4.19. The summed E-state index contributed by atoms with van der Waals surface area (Å²) in [6.45, 7) is 0.515. The number of anilines is 3. The highest BCUT2D eigenvalue weighted by molar-refractivity contribution is 5.76. The lowest BCUT2D eigenvalue weighted by Gasteiger charge is -2.36. The number of hydrogen-bond donors (Lipinski definition) is 0. The first-order valence-corrected chi connectivity index (χ1v) is 10.1. The first kappa shape index (κ1) is 19.5. The molecule has 0 bridgehead atoms. The summed E-state index contributed by atoms with van der Waals surface area (Å²) < 4.78 is 0. The quantitative estimate of drug-likeness (QED) is 0.332. The molecule has 1 amide bonds. The van der Waals surface area contributed by atoms with Crippen molar-refractivity contribution in [2.45, 2.75) is 6.04 Å². The number of carbonyl (C=O) groups is 1. The smallest absolute Gasteiger partial charge is 0.214 e. The van der Waals surface area contributed by atoms with Crippen LogP contribution in [0.4, 0.5) is 17.1 Å². The molecule has 0 saturated heterocycles. The third-order valence-electron chi connectivity index (χ3n) is 5.15. The van der Waals surface area contributed by atoms with Gasteiger partial charge in [-0.25, -0.2) is 0 Å². The van der Waals surface area contributed by atoms with E-state index in [1.165, 1.54) is 0 Å². The van der Waals surface area contributed by atoms with Crippen LogP contribution in [0.3, 0.4) is 0 Å². The number of para-hydroxylation sites is 3. The summed E-state index contributed by atoms with van der Waals surface area (Å²) in [6.07, 6.45) is 0.916. The van der Waals surface area contributed by atoms with Crippen LogP contribution in [0, 0.1) is 0 Å². The van der Waals surface area contributed by atoms with Crippen LogP contribution in [0.5, 0.6) is 0 Å². The lowest BCUT2D eigenvalue weighted by atomic mass is 10.0. The number of hydrogen-bond acceptors (Lipinski definition) is 2. The third-order valence-corrected chi connectivity index (χ3v) is 5.15. The average Bonchev–Trinajstić information content (AvgIpc) is 2.84. The molecule has 0 spiro atoms. The normalized spacial score (nSPS) is 11.5. The SMILES string of the molecule is O=CN(CC(c1ccccc1)N(c1ccccc1)c1ccccc1)c1ccccc1. The fourth-order valence-electron chi connectivity index (χ4n) is 3.71. The monoisotopic (exact) mass is 392 g/mol. The molecule has 4 rings (SSSR count). The van der Waals surface area contributed by atoms with Crippen molar-refractivity contribution in [1.29, 1.82) is 0 Å². The lowest BCUT2D eigenvalue weighted by Crippen LogP contribution is -2.35. The minimum absolute atomic E-state index is 0.0681. The van der Waals surface area contributed by atoms with Crippen LogP contribution < -0.4 is 9.80 Å². The second kappa shape index (κ2) is 9.57. The zero-order valence-corrected chi connectivity index (χ0v) is 16.7. The van der Waals surface area contributed by atoms with Crippen molar-refractivity contribution in [2.75, 3.05) is 16.3 Å². The van der Waals surface area contributed by atoms with Crippen molar-refractivity contribution in [3.05, 3.63) is 127 Å². The van der Waals surface area contributed by atoms with Gasteiger partial charge in [0.1, 0.15) is 0 Å². The number of rotatable bonds is 8. The average molecular weight is 393 g/mol. The number of carbonyl (C=O) groups excluding carboxylic acids is 1. The molecule has 4 aromatic carbocycles. The Morgan fingerprint density at radius 2 is 0.967 bits per heavy atom. The summed E-state index contributed by atoms with van der Waals surface area (Å²) in [5, 5.41) is 0. The van der Waals surface area contributed by atoms with Crippen LogP contribution in [-0.4, -0.2) is 13.0 Å². The maximum absolute atomic E-state index is 12.1.